The topological polar surface area (TPSA) is 47.3 Å². The van der Waals surface area contributed by atoms with Crippen molar-refractivity contribution in [2.75, 3.05) is 13.6 Å². The van der Waals surface area contributed by atoms with Gasteiger partial charge in [-0.05, 0) is 31.2 Å². The number of carbonyl (C=O) groups is 1. The van der Waals surface area contributed by atoms with Gasteiger partial charge >= 0.3 is 0 Å². The summed E-state index contributed by atoms with van der Waals surface area (Å²) in [4.78, 5) is 16.9. The van der Waals surface area contributed by atoms with E-state index >= 15 is 0 Å². The van der Waals surface area contributed by atoms with E-state index in [0.29, 0.717) is 12.6 Å². The molecule has 128 valence electrons. The highest BCUT2D eigenvalue weighted by molar-refractivity contribution is 5.79. The molecule has 0 spiro atoms. The Kier molecular flexibility index (Phi) is 5.20. The zero-order valence-corrected chi connectivity index (χ0v) is 14.6. The lowest BCUT2D eigenvalue weighted by molar-refractivity contribution is -0.136. The predicted molar refractivity (Wildman–Crippen MR) is 94.1 cm³/mol. The van der Waals surface area contributed by atoms with E-state index < -0.39 is 5.54 Å². The van der Waals surface area contributed by atoms with Gasteiger partial charge in [-0.2, -0.15) is 5.26 Å². The maximum absolute atomic E-state index is 12.9. The Morgan fingerprint density at radius 1 is 1.21 bits per heavy atom. The van der Waals surface area contributed by atoms with Crippen LogP contribution in [0.2, 0.25) is 0 Å². The first-order valence-electron chi connectivity index (χ1n) is 9.10. The lowest BCUT2D eigenvalue weighted by Crippen LogP contribution is -2.52. The molecule has 2 aliphatic carbocycles. The number of nitrogens with zero attached hydrogens (tertiary/aromatic N) is 3. The van der Waals surface area contributed by atoms with E-state index in [2.05, 4.69) is 23.1 Å². The summed E-state index contributed by atoms with van der Waals surface area (Å²) in [5, 5.41) is 9.69. The summed E-state index contributed by atoms with van der Waals surface area (Å²) in [5.74, 6) is 0.0845. The van der Waals surface area contributed by atoms with E-state index in [9.17, 15) is 10.1 Å². The van der Waals surface area contributed by atoms with Gasteiger partial charge < -0.3 is 4.90 Å². The van der Waals surface area contributed by atoms with E-state index in [1.165, 1.54) is 24.8 Å². The molecule has 0 heterocycles. The van der Waals surface area contributed by atoms with Gasteiger partial charge in [-0.15, -0.1) is 0 Å². The first kappa shape index (κ1) is 17.0. The first-order valence-corrected chi connectivity index (χ1v) is 9.10. The summed E-state index contributed by atoms with van der Waals surface area (Å²) in [5.41, 5.74) is 0.657. The molecule has 0 aliphatic heterocycles. The minimum Gasteiger partial charge on any atom is -0.326 e. The van der Waals surface area contributed by atoms with E-state index in [1.54, 1.807) is 4.90 Å². The molecule has 2 fully saturated rings. The Bertz CT molecular complexity index is 597. The molecule has 1 aromatic carbocycles. The Hall–Kier alpha value is -1.86. The molecule has 0 N–H and O–H groups in total. The third-order valence-corrected chi connectivity index (χ3v) is 5.54. The van der Waals surface area contributed by atoms with Crippen LogP contribution >= 0.6 is 0 Å². The van der Waals surface area contributed by atoms with E-state index in [-0.39, 0.29) is 5.91 Å². The van der Waals surface area contributed by atoms with Crippen LogP contribution in [0.25, 0.3) is 0 Å². The highest BCUT2D eigenvalue weighted by Crippen LogP contribution is 2.33. The Morgan fingerprint density at radius 3 is 2.46 bits per heavy atom. The highest BCUT2D eigenvalue weighted by atomic mass is 16.2. The average molecular weight is 325 g/mol. The summed E-state index contributed by atoms with van der Waals surface area (Å²) < 4.78 is 0. The van der Waals surface area contributed by atoms with Gasteiger partial charge in [0.2, 0.25) is 5.91 Å². The summed E-state index contributed by atoms with van der Waals surface area (Å²) in [6, 6.07) is 13.3. The zero-order chi connectivity index (χ0) is 17.0. The molecular formula is C20H27N3O. The molecule has 4 heteroatoms. The summed E-state index contributed by atoms with van der Waals surface area (Å²) in [6.07, 6.45) is 7.24. The van der Waals surface area contributed by atoms with Crippen LogP contribution in [0.4, 0.5) is 0 Å². The largest absolute Gasteiger partial charge is 0.326 e. The second-order valence-electron chi connectivity index (χ2n) is 7.28. The van der Waals surface area contributed by atoms with Crippen molar-refractivity contribution >= 4 is 5.91 Å². The number of hydrogen-bond donors (Lipinski definition) is 0. The van der Waals surface area contributed by atoms with Crippen molar-refractivity contribution in [2.24, 2.45) is 0 Å². The molecule has 0 saturated heterocycles. The quantitative estimate of drug-likeness (QED) is 0.806. The lowest BCUT2D eigenvalue weighted by Gasteiger charge is -2.40. The molecule has 0 bridgehead atoms. The van der Waals surface area contributed by atoms with Crippen LogP contribution in [0.5, 0.6) is 0 Å². The van der Waals surface area contributed by atoms with E-state index in [4.69, 9.17) is 0 Å². The van der Waals surface area contributed by atoms with Gasteiger partial charge in [-0.1, -0.05) is 49.6 Å². The Morgan fingerprint density at radius 2 is 1.88 bits per heavy atom. The Labute approximate surface area is 145 Å². The van der Waals surface area contributed by atoms with Crippen molar-refractivity contribution in [3.8, 4) is 6.07 Å². The first-order chi connectivity index (χ1) is 11.6. The number of amides is 1. The molecule has 0 atom stereocenters. The van der Waals surface area contributed by atoms with E-state index in [0.717, 1.165) is 32.2 Å². The molecule has 3 rings (SSSR count). The predicted octanol–water partition coefficient (Wildman–Crippen LogP) is 3.34. The number of hydrogen-bond acceptors (Lipinski definition) is 3. The second-order valence-corrected chi connectivity index (χ2v) is 7.28. The average Bonchev–Trinajstić information content (AvgIpc) is 3.47. The van der Waals surface area contributed by atoms with Gasteiger partial charge in [0.05, 0.1) is 12.6 Å². The SMILES string of the molecule is CN(C(=O)CN(Cc1ccccc1)C1CC1)C1(C#N)CCCCC1. The number of nitriles is 1. The van der Waals surface area contributed by atoms with Crippen molar-refractivity contribution < 1.29 is 4.79 Å². The van der Waals surface area contributed by atoms with Crippen molar-refractivity contribution in [1.29, 1.82) is 5.26 Å². The monoisotopic (exact) mass is 325 g/mol. The van der Waals surface area contributed by atoms with Crippen molar-refractivity contribution in [2.45, 2.75) is 63.1 Å². The van der Waals surface area contributed by atoms with Crippen LogP contribution < -0.4 is 0 Å². The van der Waals surface area contributed by atoms with Gasteiger partial charge in [-0.3, -0.25) is 9.69 Å². The van der Waals surface area contributed by atoms with Crippen molar-refractivity contribution in [3.05, 3.63) is 35.9 Å². The lowest BCUT2D eigenvalue weighted by atomic mass is 9.81. The van der Waals surface area contributed by atoms with Crippen LogP contribution in [0.1, 0.15) is 50.5 Å². The number of likely N-dealkylation sites (N-methyl/N-ethyl adjacent to an activating group) is 1. The van der Waals surface area contributed by atoms with Crippen LogP contribution in [0, 0.1) is 11.3 Å². The fourth-order valence-corrected chi connectivity index (χ4v) is 3.75. The Balaban J connectivity index is 1.66. The van der Waals surface area contributed by atoms with Crippen molar-refractivity contribution in [3.63, 3.8) is 0 Å². The van der Waals surface area contributed by atoms with Gasteiger partial charge in [0, 0.05) is 19.6 Å². The van der Waals surface area contributed by atoms with Crippen molar-refractivity contribution in [1.82, 2.24) is 9.80 Å². The number of carbonyl (C=O) groups excluding carboxylic acids is 1. The zero-order valence-electron chi connectivity index (χ0n) is 14.6. The molecule has 2 saturated carbocycles. The van der Waals surface area contributed by atoms with Crippen LogP contribution in [0.3, 0.4) is 0 Å². The molecule has 1 amide bonds. The molecule has 24 heavy (non-hydrogen) atoms. The summed E-state index contributed by atoms with van der Waals surface area (Å²) in [6.45, 7) is 1.23. The molecule has 4 nitrogen and oxygen atoms in total. The molecule has 2 aliphatic rings. The number of rotatable bonds is 6. The van der Waals surface area contributed by atoms with E-state index in [1.807, 2.05) is 25.2 Å². The van der Waals surface area contributed by atoms with Gasteiger partial charge in [0.15, 0.2) is 0 Å². The number of benzene rings is 1. The highest BCUT2D eigenvalue weighted by Gasteiger charge is 2.40. The molecular weight excluding hydrogens is 298 g/mol. The van der Waals surface area contributed by atoms with Gasteiger partial charge in [0.1, 0.15) is 5.54 Å². The minimum atomic E-state index is -0.586. The minimum absolute atomic E-state index is 0.0845. The second kappa shape index (κ2) is 7.36. The fraction of sp³-hybridized carbons (Fsp3) is 0.600. The maximum Gasteiger partial charge on any atom is 0.237 e. The molecule has 0 radical (unpaired) electrons. The normalized spacial score (nSPS) is 19.7. The van der Waals surface area contributed by atoms with Gasteiger partial charge in [-0.25, -0.2) is 0 Å². The summed E-state index contributed by atoms with van der Waals surface area (Å²) >= 11 is 0. The summed E-state index contributed by atoms with van der Waals surface area (Å²) in [7, 11) is 1.82. The molecule has 0 unspecified atom stereocenters. The van der Waals surface area contributed by atoms with Crippen LogP contribution in [0.15, 0.2) is 30.3 Å². The fourth-order valence-electron chi connectivity index (χ4n) is 3.75. The van der Waals surface area contributed by atoms with Crippen LogP contribution in [-0.2, 0) is 11.3 Å². The third kappa shape index (κ3) is 3.79. The standard InChI is InChI=1S/C20H27N3O/c1-22(20(16-21)12-6-3-7-13-20)19(24)15-23(18-10-11-18)14-17-8-4-2-5-9-17/h2,4-5,8-9,18H,3,6-7,10-15H2,1H3. The smallest absolute Gasteiger partial charge is 0.237 e. The molecule has 1 aromatic rings. The van der Waals surface area contributed by atoms with Crippen LogP contribution in [-0.4, -0.2) is 40.9 Å². The van der Waals surface area contributed by atoms with Gasteiger partial charge in [0.25, 0.3) is 0 Å². The molecule has 0 aromatic heterocycles. The maximum atomic E-state index is 12.9. The third-order valence-electron chi connectivity index (χ3n) is 5.54.